The van der Waals surface area contributed by atoms with Crippen LogP contribution in [-0.4, -0.2) is 0 Å². The van der Waals surface area contributed by atoms with E-state index in [1.54, 1.807) is 0 Å². The fraction of sp³-hybridized carbons (Fsp3) is 0.312. The molecule has 18 heavy (non-hydrogen) atoms. The van der Waals surface area contributed by atoms with Crippen LogP contribution in [0.3, 0.4) is 0 Å². The summed E-state index contributed by atoms with van der Waals surface area (Å²) < 4.78 is 2.38. The van der Waals surface area contributed by atoms with Gasteiger partial charge in [0.15, 0.2) is 6.20 Å². The highest BCUT2D eigenvalue weighted by molar-refractivity contribution is 5.75. The summed E-state index contributed by atoms with van der Waals surface area (Å²) in [6, 6.07) is 15.0. The van der Waals surface area contributed by atoms with Crippen molar-refractivity contribution < 1.29 is 4.57 Å². The largest absolute Gasteiger partial charge is 0.325 e. The zero-order valence-electron chi connectivity index (χ0n) is 11.0. The monoisotopic (exact) mass is 239 g/mol. The van der Waals surface area contributed by atoms with E-state index in [-0.39, 0.29) is 5.66 Å². The Morgan fingerprint density at radius 3 is 2.50 bits per heavy atom. The molecule has 0 spiro atoms. The van der Waals surface area contributed by atoms with Gasteiger partial charge in [0.25, 0.3) is 0 Å². The summed E-state index contributed by atoms with van der Waals surface area (Å²) in [7, 11) is 0. The van der Waals surface area contributed by atoms with Crippen LogP contribution in [0.25, 0.3) is 11.3 Å². The number of benzene rings is 1. The van der Waals surface area contributed by atoms with Crippen molar-refractivity contribution >= 4 is 5.69 Å². The number of rotatable bonds is 2. The van der Waals surface area contributed by atoms with Gasteiger partial charge < -0.3 is 5.32 Å². The van der Waals surface area contributed by atoms with Crippen molar-refractivity contribution in [2.45, 2.75) is 32.4 Å². The van der Waals surface area contributed by atoms with Crippen LogP contribution in [0, 0.1) is 0 Å². The minimum absolute atomic E-state index is 0.00491. The predicted octanol–water partition coefficient (Wildman–Crippen LogP) is 3.54. The van der Waals surface area contributed by atoms with Crippen LogP contribution in [0.15, 0.2) is 48.7 Å². The fourth-order valence-electron chi connectivity index (χ4n) is 2.93. The maximum atomic E-state index is 3.73. The first-order valence-electron chi connectivity index (χ1n) is 6.69. The van der Waals surface area contributed by atoms with Crippen molar-refractivity contribution in [1.29, 1.82) is 0 Å². The van der Waals surface area contributed by atoms with Gasteiger partial charge in [-0.2, -0.15) is 4.57 Å². The van der Waals surface area contributed by atoms with Crippen LogP contribution in [-0.2, 0) is 5.66 Å². The van der Waals surface area contributed by atoms with E-state index >= 15 is 0 Å². The van der Waals surface area contributed by atoms with E-state index in [4.69, 9.17) is 0 Å². The van der Waals surface area contributed by atoms with E-state index < -0.39 is 0 Å². The van der Waals surface area contributed by atoms with Crippen molar-refractivity contribution in [3.05, 3.63) is 48.7 Å². The molecule has 0 bridgehead atoms. The highest BCUT2D eigenvalue weighted by Crippen LogP contribution is 2.35. The maximum Gasteiger partial charge on any atom is 0.241 e. The normalized spacial score (nSPS) is 15.4. The molecular weight excluding hydrogens is 220 g/mol. The summed E-state index contributed by atoms with van der Waals surface area (Å²) >= 11 is 0. The van der Waals surface area contributed by atoms with Gasteiger partial charge in [0, 0.05) is 25.0 Å². The number of pyridine rings is 1. The van der Waals surface area contributed by atoms with Gasteiger partial charge in [0.05, 0.1) is 11.3 Å². The lowest BCUT2D eigenvalue weighted by molar-refractivity contribution is -0.751. The molecule has 3 rings (SSSR count). The first-order valence-corrected chi connectivity index (χ1v) is 6.69. The van der Waals surface area contributed by atoms with Gasteiger partial charge in [-0.05, 0) is 18.2 Å². The molecule has 1 aliphatic heterocycles. The molecule has 92 valence electrons. The lowest BCUT2D eigenvalue weighted by atomic mass is 9.95. The Kier molecular flexibility index (Phi) is 2.58. The van der Waals surface area contributed by atoms with Crippen molar-refractivity contribution in [1.82, 2.24) is 0 Å². The van der Waals surface area contributed by atoms with Crippen LogP contribution < -0.4 is 9.88 Å². The number of hydrogen-bond acceptors (Lipinski definition) is 1. The summed E-state index contributed by atoms with van der Waals surface area (Å²) in [5.41, 5.74) is 3.84. The number of fused-ring (bicyclic) bond motifs is 3. The van der Waals surface area contributed by atoms with Crippen LogP contribution in [0.1, 0.15) is 26.7 Å². The fourth-order valence-corrected chi connectivity index (χ4v) is 2.93. The Balaban J connectivity index is 2.29. The van der Waals surface area contributed by atoms with Gasteiger partial charge >= 0.3 is 0 Å². The number of anilines is 1. The van der Waals surface area contributed by atoms with E-state index in [0.29, 0.717) is 0 Å². The smallest absolute Gasteiger partial charge is 0.241 e. The first kappa shape index (κ1) is 11.3. The average molecular weight is 239 g/mol. The molecule has 2 heterocycles. The molecule has 0 atom stereocenters. The molecule has 0 saturated carbocycles. The number of hydrogen-bond donors (Lipinski definition) is 1. The third kappa shape index (κ3) is 1.45. The second-order valence-corrected chi connectivity index (χ2v) is 4.87. The topological polar surface area (TPSA) is 15.9 Å². The van der Waals surface area contributed by atoms with E-state index in [1.807, 2.05) is 0 Å². The molecule has 2 aromatic rings. The third-order valence-corrected chi connectivity index (χ3v) is 4.06. The van der Waals surface area contributed by atoms with Crippen molar-refractivity contribution in [3.8, 4) is 11.3 Å². The number of para-hydroxylation sites is 1. The van der Waals surface area contributed by atoms with Gasteiger partial charge in [-0.25, -0.2) is 0 Å². The molecule has 0 saturated heterocycles. The number of aromatic nitrogens is 1. The Labute approximate surface area is 108 Å². The molecule has 1 N–H and O–H groups in total. The number of nitrogens with zero attached hydrogens (tertiary/aromatic N) is 1. The van der Waals surface area contributed by atoms with E-state index in [1.165, 1.54) is 16.9 Å². The van der Waals surface area contributed by atoms with Crippen LogP contribution in [0.2, 0.25) is 0 Å². The quantitative estimate of drug-likeness (QED) is 0.793. The van der Waals surface area contributed by atoms with Crippen molar-refractivity contribution in [3.63, 3.8) is 0 Å². The number of nitrogens with one attached hydrogen (secondary N) is 1. The summed E-state index contributed by atoms with van der Waals surface area (Å²) in [6.45, 7) is 4.49. The lowest BCUT2D eigenvalue weighted by Crippen LogP contribution is -2.63. The zero-order valence-corrected chi connectivity index (χ0v) is 11.0. The highest BCUT2D eigenvalue weighted by Gasteiger charge is 2.42. The minimum atomic E-state index is 0.00491. The van der Waals surface area contributed by atoms with Crippen molar-refractivity contribution in [2.75, 3.05) is 5.32 Å². The Bertz CT molecular complexity index is 571. The zero-order chi connectivity index (χ0) is 12.6. The van der Waals surface area contributed by atoms with E-state index in [0.717, 1.165) is 12.8 Å². The molecule has 1 aromatic carbocycles. The Hall–Kier alpha value is -1.83. The predicted molar refractivity (Wildman–Crippen MR) is 74.3 cm³/mol. The van der Waals surface area contributed by atoms with Gasteiger partial charge in [-0.3, -0.25) is 0 Å². The summed E-state index contributed by atoms with van der Waals surface area (Å²) in [6.07, 6.45) is 4.32. The van der Waals surface area contributed by atoms with E-state index in [9.17, 15) is 0 Å². The third-order valence-electron chi connectivity index (χ3n) is 4.06. The summed E-state index contributed by atoms with van der Waals surface area (Å²) in [5.74, 6) is 0. The van der Waals surface area contributed by atoms with Gasteiger partial charge in [0.1, 0.15) is 0 Å². The second-order valence-electron chi connectivity index (χ2n) is 4.87. The molecule has 0 unspecified atom stereocenters. The summed E-state index contributed by atoms with van der Waals surface area (Å²) in [4.78, 5) is 0. The Morgan fingerprint density at radius 1 is 1.00 bits per heavy atom. The van der Waals surface area contributed by atoms with Gasteiger partial charge in [-0.1, -0.05) is 26.0 Å². The van der Waals surface area contributed by atoms with Gasteiger partial charge in [0.2, 0.25) is 11.4 Å². The SMILES string of the molecule is CCC1(CC)Nc2ccccc2-c2cccc[n+]21. The van der Waals surface area contributed by atoms with Crippen LogP contribution >= 0.6 is 0 Å². The molecule has 0 radical (unpaired) electrons. The average Bonchev–Trinajstić information content (AvgIpc) is 2.46. The summed E-state index contributed by atoms with van der Waals surface area (Å²) in [5, 5.41) is 3.73. The molecule has 2 heteroatoms. The molecular formula is C16H19N2+. The maximum absolute atomic E-state index is 3.73. The van der Waals surface area contributed by atoms with Crippen LogP contribution in [0.5, 0.6) is 0 Å². The minimum Gasteiger partial charge on any atom is -0.325 e. The highest BCUT2D eigenvalue weighted by atomic mass is 15.2. The molecule has 0 aliphatic carbocycles. The van der Waals surface area contributed by atoms with Gasteiger partial charge in [-0.15, -0.1) is 0 Å². The second kappa shape index (κ2) is 4.13. The van der Waals surface area contributed by atoms with E-state index in [2.05, 4.69) is 72.4 Å². The molecule has 0 fully saturated rings. The van der Waals surface area contributed by atoms with Crippen molar-refractivity contribution in [2.24, 2.45) is 0 Å². The first-order chi connectivity index (χ1) is 8.80. The molecule has 1 aliphatic rings. The molecule has 1 aromatic heterocycles. The standard InChI is InChI=1S/C16H18N2/c1-3-16(4-2)17-14-10-6-5-9-13(14)15-11-7-8-12-18(15)16/h5-12H,3-4H2,1-2H3/p+1. The lowest BCUT2D eigenvalue weighted by Gasteiger charge is -2.34. The Morgan fingerprint density at radius 2 is 1.72 bits per heavy atom. The molecule has 2 nitrogen and oxygen atoms in total. The molecule has 0 amide bonds. The van der Waals surface area contributed by atoms with Crippen LogP contribution in [0.4, 0.5) is 5.69 Å².